The molecule has 2 heterocycles. The van der Waals surface area contributed by atoms with Gasteiger partial charge in [0.2, 0.25) is 0 Å². The highest BCUT2D eigenvalue weighted by Gasteiger charge is 2.15. The van der Waals surface area contributed by atoms with Crippen LogP contribution in [0.1, 0.15) is 22.3 Å². The maximum absolute atomic E-state index is 9.78. The number of likely N-dealkylation sites (N-methyl/N-ethyl adjacent to an activating group) is 1. The van der Waals surface area contributed by atoms with Gasteiger partial charge in [0.05, 0.1) is 11.7 Å². The van der Waals surface area contributed by atoms with Crippen molar-refractivity contribution in [3.05, 3.63) is 45.9 Å². The van der Waals surface area contributed by atoms with Gasteiger partial charge in [-0.1, -0.05) is 6.07 Å². The van der Waals surface area contributed by atoms with Crippen molar-refractivity contribution in [1.82, 2.24) is 15.2 Å². The summed E-state index contributed by atoms with van der Waals surface area (Å²) in [6.07, 6.45) is 0. The molecule has 20 heavy (non-hydrogen) atoms. The first-order chi connectivity index (χ1) is 9.58. The summed E-state index contributed by atoms with van der Waals surface area (Å²) in [7, 11) is 4.16. The van der Waals surface area contributed by atoms with Crippen LogP contribution in [0.25, 0.3) is 0 Å². The van der Waals surface area contributed by atoms with Gasteiger partial charge >= 0.3 is 0 Å². The van der Waals surface area contributed by atoms with Crippen molar-refractivity contribution >= 4 is 11.3 Å². The molecular formula is C15H21N3OS. The van der Waals surface area contributed by atoms with Crippen LogP contribution in [0.4, 0.5) is 0 Å². The van der Waals surface area contributed by atoms with E-state index in [1.54, 1.807) is 17.4 Å². The van der Waals surface area contributed by atoms with E-state index >= 15 is 0 Å². The lowest BCUT2D eigenvalue weighted by Gasteiger charge is -2.23. The molecule has 2 aromatic heterocycles. The van der Waals surface area contributed by atoms with E-state index in [1.807, 2.05) is 13.0 Å². The van der Waals surface area contributed by atoms with Crippen LogP contribution in [-0.4, -0.2) is 35.6 Å². The Balaban J connectivity index is 1.95. The summed E-state index contributed by atoms with van der Waals surface area (Å²) in [6.45, 7) is 3.32. The zero-order valence-electron chi connectivity index (χ0n) is 12.1. The van der Waals surface area contributed by atoms with E-state index in [9.17, 15) is 5.11 Å². The van der Waals surface area contributed by atoms with Gasteiger partial charge < -0.3 is 15.3 Å². The molecule has 0 saturated carbocycles. The van der Waals surface area contributed by atoms with Gasteiger partial charge in [-0.3, -0.25) is 4.98 Å². The molecule has 0 amide bonds. The van der Waals surface area contributed by atoms with E-state index in [4.69, 9.17) is 0 Å². The van der Waals surface area contributed by atoms with E-state index < -0.39 is 0 Å². The SMILES string of the molecule is Cc1ccc(O)c(CNCC(c2cccs2)N(C)C)n1. The van der Waals surface area contributed by atoms with Crippen LogP contribution < -0.4 is 5.32 Å². The molecule has 0 radical (unpaired) electrons. The average Bonchev–Trinajstić information content (AvgIpc) is 2.91. The van der Waals surface area contributed by atoms with E-state index in [0.29, 0.717) is 18.3 Å². The van der Waals surface area contributed by atoms with Crippen molar-refractivity contribution in [3.63, 3.8) is 0 Å². The fraction of sp³-hybridized carbons (Fsp3) is 0.400. The van der Waals surface area contributed by atoms with Crippen LogP contribution >= 0.6 is 11.3 Å². The molecule has 0 aliphatic carbocycles. The van der Waals surface area contributed by atoms with Crippen molar-refractivity contribution in [2.45, 2.75) is 19.5 Å². The fourth-order valence-corrected chi connectivity index (χ4v) is 3.00. The second-order valence-corrected chi connectivity index (χ2v) is 6.02. The Kier molecular flexibility index (Phi) is 5.11. The summed E-state index contributed by atoms with van der Waals surface area (Å²) >= 11 is 1.76. The van der Waals surface area contributed by atoms with Gasteiger partial charge in [-0.05, 0) is 44.6 Å². The topological polar surface area (TPSA) is 48.4 Å². The fourth-order valence-electron chi connectivity index (χ4n) is 2.08. The first-order valence-corrected chi connectivity index (χ1v) is 7.52. The average molecular weight is 291 g/mol. The van der Waals surface area contributed by atoms with Crippen molar-refractivity contribution in [2.75, 3.05) is 20.6 Å². The molecular weight excluding hydrogens is 270 g/mol. The zero-order valence-corrected chi connectivity index (χ0v) is 12.9. The number of aromatic hydroxyl groups is 1. The quantitative estimate of drug-likeness (QED) is 0.859. The van der Waals surface area contributed by atoms with Gasteiger partial charge in [-0.25, -0.2) is 0 Å². The molecule has 2 aromatic rings. The van der Waals surface area contributed by atoms with Gasteiger partial charge in [0.1, 0.15) is 5.75 Å². The van der Waals surface area contributed by atoms with Gasteiger partial charge in [-0.15, -0.1) is 11.3 Å². The number of pyridine rings is 1. The molecule has 5 heteroatoms. The second kappa shape index (κ2) is 6.83. The standard InChI is InChI=1S/C15H21N3OS/c1-11-6-7-14(19)12(17-11)9-16-10-13(18(2)3)15-5-4-8-20-15/h4-8,13,16,19H,9-10H2,1-3H3. The number of nitrogens with zero attached hydrogens (tertiary/aromatic N) is 2. The van der Waals surface area contributed by atoms with Gasteiger partial charge in [0, 0.05) is 23.7 Å². The lowest BCUT2D eigenvalue weighted by atomic mass is 10.2. The molecule has 0 fully saturated rings. The van der Waals surface area contributed by atoms with Crippen LogP contribution in [0, 0.1) is 6.92 Å². The number of rotatable bonds is 6. The highest BCUT2D eigenvalue weighted by atomic mass is 32.1. The Morgan fingerprint density at radius 3 is 2.80 bits per heavy atom. The number of hydrogen-bond acceptors (Lipinski definition) is 5. The van der Waals surface area contributed by atoms with Crippen molar-refractivity contribution in [2.24, 2.45) is 0 Å². The van der Waals surface area contributed by atoms with E-state index in [0.717, 1.165) is 12.2 Å². The van der Waals surface area contributed by atoms with Crippen LogP contribution in [0.15, 0.2) is 29.6 Å². The Morgan fingerprint density at radius 1 is 1.35 bits per heavy atom. The van der Waals surface area contributed by atoms with Gasteiger partial charge in [0.25, 0.3) is 0 Å². The van der Waals surface area contributed by atoms with Crippen LogP contribution in [0.3, 0.4) is 0 Å². The molecule has 108 valence electrons. The Labute approximate surface area is 124 Å². The lowest BCUT2D eigenvalue weighted by molar-refractivity contribution is 0.291. The van der Waals surface area contributed by atoms with Crippen LogP contribution in [0.2, 0.25) is 0 Å². The van der Waals surface area contributed by atoms with Gasteiger partial charge in [-0.2, -0.15) is 0 Å². The third kappa shape index (κ3) is 3.79. The Bertz CT molecular complexity index is 540. The molecule has 0 bridgehead atoms. The number of thiophene rings is 1. The third-order valence-corrected chi connectivity index (χ3v) is 4.19. The number of aromatic nitrogens is 1. The van der Waals surface area contributed by atoms with Crippen molar-refractivity contribution < 1.29 is 5.11 Å². The number of nitrogens with one attached hydrogen (secondary N) is 1. The Hall–Kier alpha value is -1.43. The first kappa shape index (κ1) is 15.0. The van der Waals surface area contributed by atoms with Crippen molar-refractivity contribution in [1.29, 1.82) is 0 Å². The molecule has 0 aromatic carbocycles. The minimum Gasteiger partial charge on any atom is -0.506 e. The zero-order chi connectivity index (χ0) is 14.5. The molecule has 0 aliphatic heterocycles. The van der Waals surface area contributed by atoms with Gasteiger partial charge in [0.15, 0.2) is 0 Å². The first-order valence-electron chi connectivity index (χ1n) is 6.64. The predicted molar refractivity (Wildman–Crippen MR) is 83.1 cm³/mol. The highest BCUT2D eigenvalue weighted by Crippen LogP contribution is 2.22. The Morgan fingerprint density at radius 2 is 2.15 bits per heavy atom. The third-order valence-electron chi connectivity index (χ3n) is 3.21. The summed E-state index contributed by atoms with van der Waals surface area (Å²) in [6, 6.07) is 8.07. The molecule has 4 nitrogen and oxygen atoms in total. The molecule has 0 saturated heterocycles. The molecule has 2 rings (SSSR count). The molecule has 1 unspecified atom stereocenters. The lowest BCUT2D eigenvalue weighted by Crippen LogP contribution is -2.30. The van der Waals surface area contributed by atoms with E-state index in [2.05, 4.69) is 46.8 Å². The normalized spacial score (nSPS) is 12.8. The maximum atomic E-state index is 9.78. The molecule has 2 N–H and O–H groups in total. The van der Waals surface area contributed by atoms with Crippen LogP contribution in [-0.2, 0) is 6.54 Å². The molecule has 1 atom stereocenters. The summed E-state index contributed by atoms with van der Waals surface area (Å²) in [5.41, 5.74) is 1.62. The summed E-state index contributed by atoms with van der Waals surface area (Å²) in [5.74, 6) is 0.251. The summed E-state index contributed by atoms with van der Waals surface area (Å²) in [4.78, 5) is 7.89. The minimum atomic E-state index is 0.251. The van der Waals surface area contributed by atoms with Crippen molar-refractivity contribution in [3.8, 4) is 5.75 Å². The maximum Gasteiger partial charge on any atom is 0.138 e. The monoisotopic (exact) mass is 291 g/mol. The number of hydrogen-bond donors (Lipinski definition) is 2. The van der Waals surface area contributed by atoms with E-state index in [1.165, 1.54) is 4.88 Å². The molecule has 0 spiro atoms. The summed E-state index contributed by atoms with van der Waals surface area (Å²) in [5, 5.41) is 15.3. The van der Waals surface area contributed by atoms with E-state index in [-0.39, 0.29) is 5.75 Å². The number of aryl methyl sites for hydroxylation is 1. The highest BCUT2D eigenvalue weighted by molar-refractivity contribution is 7.10. The smallest absolute Gasteiger partial charge is 0.138 e. The predicted octanol–water partition coefficient (Wildman–Crippen LogP) is 2.55. The minimum absolute atomic E-state index is 0.251. The second-order valence-electron chi connectivity index (χ2n) is 5.04. The summed E-state index contributed by atoms with van der Waals surface area (Å²) < 4.78 is 0. The van der Waals surface area contributed by atoms with Crippen LogP contribution in [0.5, 0.6) is 5.75 Å². The largest absolute Gasteiger partial charge is 0.506 e. The molecule has 0 aliphatic rings.